The second-order valence-corrected chi connectivity index (χ2v) is 5.35. The topological polar surface area (TPSA) is 42.8 Å². The van der Waals surface area contributed by atoms with Crippen LogP contribution in [0.25, 0.3) is 0 Å². The number of hydrazone groups is 1. The number of nitrogens with zero attached hydrogens (tertiary/aromatic N) is 1. The van der Waals surface area contributed by atoms with E-state index in [9.17, 15) is 0 Å². The summed E-state index contributed by atoms with van der Waals surface area (Å²) in [6.07, 6.45) is 2.70. The molecule has 0 amide bonds. The monoisotopic (exact) mass is 332 g/mol. The van der Waals surface area contributed by atoms with Gasteiger partial charge in [-0.15, -0.1) is 0 Å². The second-order valence-electron chi connectivity index (χ2n) is 4.94. The van der Waals surface area contributed by atoms with Crippen LogP contribution >= 0.6 is 11.6 Å². The predicted octanol–water partition coefficient (Wildman–Crippen LogP) is 4.26. The Morgan fingerprint density at radius 1 is 1.17 bits per heavy atom. The molecule has 2 aromatic carbocycles. The van der Waals surface area contributed by atoms with E-state index in [0.29, 0.717) is 18.9 Å². The molecule has 0 aliphatic heterocycles. The minimum atomic E-state index is 0.574. The van der Waals surface area contributed by atoms with Gasteiger partial charge in [0.2, 0.25) is 0 Å². The van der Waals surface area contributed by atoms with Crippen LogP contribution in [0.15, 0.2) is 47.6 Å². The molecule has 0 aliphatic carbocycles. The molecule has 4 nitrogen and oxygen atoms in total. The molecule has 0 heterocycles. The maximum Gasteiger partial charge on any atom is 0.161 e. The molecule has 1 N–H and O–H groups in total. The highest BCUT2D eigenvalue weighted by Crippen LogP contribution is 2.27. The Morgan fingerprint density at radius 3 is 2.74 bits per heavy atom. The fourth-order valence-corrected chi connectivity index (χ4v) is 2.19. The average Bonchev–Trinajstić information content (AvgIpc) is 2.58. The number of ether oxygens (including phenoxy) is 2. The first-order valence-corrected chi connectivity index (χ1v) is 7.92. The third-order valence-corrected chi connectivity index (χ3v) is 3.55. The van der Waals surface area contributed by atoms with Gasteiger partial charge in [0, 0.05) is 5.02 Å². The quantitative estimate of drug-likeness (QED) is 0.580. The number of hydrogen-bond donors (Lipinski definition) is 1. The van der Waals surface area contributed by atoms with Gasteiger partial charge in [-0.1, -0.05) is 36.7 Å². The summed E-state index contributed by atoms with van der Waals surface area (Å²) in [5, 5.41) is 4.95. The van der Waals surface area contributed by atoms with Crippen LogP contribution in [-0.2, 0) is 6.54 Å². The van der Waals surface area contributed by atoms with Crippen LogP contribution in [0.5, 0.6) is 11.5 Å². The van der Waals surface area contributed by atoms with Gasteiger partial charge in [0.05, 0.1) is 26.5 Å². The van der Waals surface area contributed by atoms with E-state index in [1.54, 1.807) is 13.3 Å². The summed E-state index contributed by atoms with van der Waals surface area (Å²) >= 11 is 6.10. The summed E-state index contributed by atoms with van der Waals surface area (Å²) in [5.41, 5.74) is 4.93. The summed E-state index contributed by atoms with van der Waals surface area (Å²) in [6.45, 7) is 3.31. The van der Waals surface area contributed by atoms with Crippen LogP contribution in [0.3, 0.4) is 0 Å². The zero-order valence-electron chi connectivity index (χ0n) is 13.4. The summed E-state index contributed by atoms with van der Waals surface area (Å²) in [6, 6.07) is 13.4. The summed E-state index contributed by atoms with van der Waals surface area (Å²) in [5.74, 6) is 1.45. The smallest absolute Gasteiger partial charge is 0.161 e. The van der Waals surface area contributed by atoms with Crippen LogP contribution in [-0.4, -0.2) is 19.9 Å². The van der Waals surface area contributed by atoms with Gasteiger partial charge in [-0.3, -0.25) is 0 Å². The van der Waals surface area contributed by atoms with Gasteiger partial charge in [-0.2, -0.15) is 5.10 Å². The van der Waals surface area contributed by atoms with Crippen molar-refractivity contribution in [2.24, 2.45) is 5.10 Å². The second kappa shape index (κ2) is 9.06. The number of nitrogens with one attached hydrogen (secondary N) is 1. The van der Waals surface area contributed by atoms with Crippen LogP contribution < -0.4 is 14.9 Å². The van der Waals surface area contributed by atoms with Crippen LogP contribution in [0.2, 0.25) is 5.02 Å². The molecular weight excluding hydrogens is 312 g/mol. The van der Waals surface area contributed by atoms with E-state index in [1.165, 1.54) is 0 Å². The minimum absolute atomic E-state index is 0.574. The summed E-state index contributed by atoms with van der Waals surface area (Å²) in [7, 11) is 1.63. The highest BCUT2D eigenvalue weighted by molar-refractivity contribution is 6.31. The van der Waals surface area contributed by atoms with Gasteiger partial charge in [0.15, 0.2) is 11.5 Å². The van der Waals surface area contributed by atoms with Gasteiger partial charge in [0.1, 0.15) is 0 Å². The maximum absolute atomic E-state index is 6.10. The zero-order chi connectivity index (χ0) is 16.5. The van der Waals surface area contributed by atoms with Crippen molar-refractivity contribution in [3.63, 3.8) is 0 Å². The largest absolute Gasteiger partial charge is 0.493 e. The molecule has 0 aromatic heterocycles. The highest BCUT2D eigenvalue weighted by atomic mass is 35.5. The van der Waals surface area contributed by atoms with Crippen molar-refractivity contribution in [2.45, 2.75) is 19.9 Å². The lowest BCUT2D eigenvalue weighted by molar-refractivity contribution is 0.294. The lowest BCUT2D eigenvalue weighted by atomic mass is 10.2. The number of benzene rings is 2. The standard InChI is InChI=1S/C18H21ClN2O2/c1-3-10-23-17-9-8-14(11-18(17)22-2)12-20-21-13-15-6-4-5-7-16(15)19/h4-9,11-12,21H,3,10,13H2,1-2H3/b20-12-. The minimum Gasteiger partial charge on any atom is -0.493 e. The van der Waals surface area contributed by atoms with E-state index in [0.717, 1.165) is 28.3 Å². The Morgan fingerprint density at radius 2 is 2.00 bits per heavy atom. The zero-order valence-corrected chi connectivity index (χ0v) is 14.1. The van der Waals surface area contributed by atoms with E-state index in [2.05, 4.69) is 17.5 Å². The Hall–Kier alpha value is -2.20. The van der Waals surface area contributed by atoms with Gasteiger partial charge in [-0.05, 0) is 41.8 Å². The van der Waals surface area contributed by atoms with Crippen LogP contribution in [0.4, 0.5) is 0 Å². The van der Waals surface area contributed by atoms with Gasteiger partial charge in [0.25, 0.3) is 0 Å². The summed E-state index contributed by atoms with van der Waals surface area (Å²) < 4.78 is 11.0. The Kier molecular flexibility index (Phi) is 6.76. The molecule has 0 atom stereocenters. The Bertz CT molecular complexity index is 659. The third kappa shape index (κ3) is 5.18. The number of methoxy groups -OCH3 is 1. The van der Waals surface area contributed by atoms with E-state index in [1.807, 2.05) is 42.5 Å². The Labute approximate surface area is 142 Å². The average molecular weight is 333 g/mol. The number of rotatable bonds is 8. The van der Waals surface area contributed by atoms with Gasteiger partial charge >= 0.3 is 0 Å². The molecule has 5 heteroatoms. The Balaban J connectivity index is 1.95. The molecule has 0 fully saturated rings. The molecule has 2 aromatic rings. The number of hydrogen-bond acceptors (Lipinski definition) is 4. The lowest BCUT2D eigenvalue weighted by Crippen LogP contribution is -2.06. The first-order chi connectivity index (χ1) is 11.2. The summed E-state index contributed by atoms with van der Waals surface area (Å²) in [4.78, 5) is 0. The molecule has 0 bridgehead atoms. The molecule has 122 valence electrons. The van der Waals surface area contributed by atoms with Crippen LogP contribution in [0.1, 0.15) is 24.5 Å². The van der Waals surface area contributed by atoms with Gasteiger partial charge in [-0.25, -0.2) is 0 Å². The molecule has 0 aliphatic rings. The fraction of sp³-hybridized carbons (Fsp3) is 0.278. The molecule has 23 heavy (non-hydrogen) atoms. The van der Waals surface area contributed by atoms with E-state index < -0.39 is 0 Å². The maximum atomic E-state index is 6.10. The molecule has 0 saturated heterocycles. The van der Waals surface area contributed by atoms with E-state index in [4.69, 9.17) is 21.1 Å². The van der Waals surface area contributed by atoms with Crippen molar-refractivity contribution < 1.29 is 9.47 Å². The molecule has 2 rings (SSSR count). The molecule has 0 spiro atoms. The van der Waals surface area contributed by atoms with E-state index >= 15 is 0 Å². The van der Waals surface area contributed by atoms with Crippen LogP contribution in [0, 0.1) is 0 Å². The lowest BCUT2D eigenvalue weighted by Gasteiger charge is -2.10. The first-order valence-electron chi connectivity index (χ1n) is 7.54. The van der Waals surface area contributed by atoms with Crippen molar-refractivity contribution >= 4 is 17.8 Å². The van der Waals surface area contributed by atoms with Crippen molar-refractivity contribution in [3.8, 4) is 11.5 Å². The van der Waals surface area contributed by atoms with Crippen molar-refractivity contribution in [2.75, 3.05) is 13.7 Å². The molecular formula is C18H21ClN2O2. The predicted molar refractivity (Wildman–Crippen MR) is 94.7 cm³/mol. The normalized spacial score (nSPS) is 10.7. The third-order valence-electron chi connectivity index (χ3n) is 3.18. The molecule has 0 radical (unpaired) electrons. The molecule has 0 saturated carbocycles. The van der Waals surface area contributed by atoms with Crippen molar-refractivity contribution in [1.29, 1.82) is 0 Å². The van der Waals surface area contributed by atoms with Crippen molar-refractivity contribution in [3.05, 3.63) is 58.6 Å². The highest BCUT2D eigenvalue weighted by Gasteiger charge is 2.04. The fourth-order valence-electron chi connectivity index (χ4n) is 1.99. The first kappa shape index (κ1) is 17.2. The number of halogens is 1. The molecule has 0 unspecified atom stereocenters. The van der Waals surface area contributed by atoms with Gasteiger partial charge < -0.3 is 14.9 Å². The van der Waals surface area contributed by atoms with Crippen molar-refractivity contribution in [1.82, 2.24) is 5.43 Å². The van der Waals surface area contributed by atoms with E-state index in [-0.39, 0.29) is 0 Å². The SMILES string of the molecule is CCCOc1ccc(/C=N\NCc2ccccc2Cl)cc1OC.